The first-order valence-electron chi connectivity index (χ1n) is 8.38. The maximum Gasteiger partial charge on any atom is 0.165 e. The lowest BCUT2D eigenvalue weighted by molar-refractivity contribution is 0.399. The number of phenols is 1. The highest BCUT2D eigenvalue weighted by atomic mass is 19.1. The number of aliphatic hydroxyl groups excluding tert-OH is 1. The molecule has 0 amide bonds. The minimum absolute atomic E-state index is 0.0415. The largest absolute Gasteiger partial charge is 0.507 e. The molecule has 0 aliphatic carbocycles. The van der Waals surface area contributed by atoms with Crippen LogP contribution in [0.3, 0.4) is 0 Å². The zero-order chi connectivity index (χ0) is 18.5. The Labute approximate surface area is 150 Å². The number of nitrogens with zero attached hydrogens (tertiary/aromatic N) is 2. The fourth-order valence-corrected chi connectivity index (χ4v) is 2.97. The molecule has 7 heteroatoms. The fraction of sp³-hybridized carbons (Fsp3) is 0.263. The van der Waals surface area contributed by atoms with Crippen LogP contribution in [-0.2, 0) is 0 Å². The van der Waals surface area contributed by atoms with Gasteiger partial charge < -0.3 is 20.8 Å². The second kappa shape index (κ2) is 8.07. The minimum atomic E-state index is -0.436. The van der Waals surface area contributed by atoms with Gasteiger partial charge in [-0.15, -0.1) is 0 Å². The van der Waals surface area contributed by atoms with Crippen molar-refractivity contribution in [2.24, 2.45) is 0 Å². The van der Waals surface area contributed by atoms with Crippen molar-refractivity contribution in [3.8, 4) is 17.1 Å². The van der Waals surface area contributed by atoms with E-state index in [1.54, 1.807) is 0 Å². The molecule has 4 N–H and O–H groups in total. The van der Waals surface area contributed by atoms with E-state index in [1.165, 1.54) is 18.2 Å². The van der Waals surface area contributed by atoms with Crippen LogP contribution in [0.5, 0.6) is 5.75 Å². The smallest absolute Gasteiger partial charge is 0.165 e. The highest BCUT2D eigenvalue weighted by Crippen LogP contribution is 2.31. The van der Waals surface area contributed by atoms with Crippen LogP contribution in [0.1, 0.15) is 6.42 Å². The van der Waals surface area contributed by atoms with E-state index >= 15 is 0 Å². The van der Waals surface area contributed by atoms with Crippen LogP contribution in [0, 0.1) is 5.82 Å². The molecule has 3 aromatic rings. The average Bonchev–Trinajstić information content (AvgIpc) is 3.18. The van der Waals surface area contributed by atoms with Gasteiger partial charge in [-0.05, 0) is 43.3 Å². The van der Waals surface area contributed by atoms with Crippen molar-refractivity contribution in [2.75, 3.05) is 25.5 Å². The third-order valence-corrected chi connectivity index (χ3v) is 4.20. The van der Waals surface area contributed by atoms with Gasteiger partial charge in [-0.2, -0.15) is 0 Å². The lowest BCUT2D eigenvalue weighted by Crippen LogP contribution is -2.23. The molecule has 4 rings (SSSR count). The van der Waals surface area contributed by atoms with Gasteiger partial charge in [-0.3, -0.25) is 0 Å². The minimum Gasteiger partial charge on any atom is -0.507 e. The number of aromatic hydroxyl groups is 1. The van der Waals surface area contributed by atoms with Crippen molar-refractivity contribution in [3.05, 3.63) is 48.3 Å². The van der Waals surface area contributed by atoms with Gasteiger partial charge >= 0.3 is 0 Å². The number of hydrogen-bond acceptors (Lipinski definition) is 6. The lowest BCUT2D eigenvalue weighted by Gasteiger charge is -2.15. The Morgan fingerprint density at radius 2 is 1.96 bits per heavy atom. The zero-order valence-electron chi connectivity index (χ0n) is 14.4. The van der Waals surface area contributed by atoms with Gasteiger partial charge in [0.2, 0.25) is 0 Å². The first-order valence-corrected chi connectivity index (χ1v) is 8.38. The lowest BCUT2D eigenvalue weighted by atomic mass is 10.1. The normalized spacial score (nSPS) is 16.2. The monoisotopic (exact) mass is 356 g/mol. The number of fused-ring (bicyclic) bond motifs is 1. The van der Waals surface area contributed by atoms with Crippen molar-refractivity contribution >= 4 is 16.7 Å². The topological polar surface area (TPSA) is 90.3 Å². The van der Waals surface area contributed by atoms with Crippen LogP contribution in [0.2, 0.25) is 0 Å². The molecular formula is C19H21FN4O2. The summed E-state index contributed by atoms with van der Waals surface area (Å²) in [5, 5.41) is 24.7. The fourth-order valence-electron chi connectivity index (χ4n) is 2.97. The number of para-hydroxylation sites is 1. The highest BCUT2D eigenvalue weighted by Gasteiger charge is 2.18. The second-order valence-electron chi connectivity index (χ2n) is 5.91. The number of rotatable bonds is 3. The molecular weight excluding hydrogens is 335 g/mol. The van der Waals surface area contributed by atoms with Crippen molar-refractivity contribution in [3.63, 3.8) is 0 Å². The van der Waals surface area contributed by atoms with Crippen molar-refractivity contribution in [1.29, 1.82) is 0 Å². The zero-order valence-corrected chi connectivity index (χ0v) is 14.4. The SMILES string of the molecule is CO.Oc1ccc(F)cc1-c1nc(N[C@H]2CCNC2)c2ccccc2n1. The summed E-state index contributed by atoms with van der Waals surface area (Å²) in [6, 6.07) is 11.7. The summed E-state index contributed by atoms with van der Waals surface area (Å²) in [5.41, 5.74) is 1.04. The summed E-state index contributed by atoms with van der Waals surface area (Å²) in [7, 11) is 1.00. The number of nitrogens with one attached hydrogen (secondary N) is 2. The Morgan fingerprint density at radius 3 is 2.73 bits per heavy atom. The van der Waals surface area contributed by atoms with E-state index in [9.17, 15) is 9.50 Å². The standard InChI is InChI=1S/C18H17FN4O.CH4O/c19-11-5-6-16(24)14(9-11)18-22-15-4-2-1-3-13(15)17(23-18)21-12-7-8-20-10-12;1-2/h1-6,9,12,20,24H,7-8,10H2,(H,21,22,23);2H,1H3/t12-;/m0./s1. The summed E-state index contributed by atoms with van der Waals surface area (Å²) in [4.78, 5) is 9.05. The molecule has 1 saturated heterocycles. The average molecular weight is 356 g/mol. The van der Waals surface area contributed by atoms with Crippen LogP contribution in [0.15, 0.2) is 42.5 Å². The number of phenolic OH excluding ortho intramolecular Hbond substituents is 1. The molecule has 1 fully saturated rings. The van der Waals surface area contributed by atoms with E-state index in [1.807, 2.05) is 24.3 Å². The molecule has 26 heavy (non-hydrogen) atoms. The third-order valence-electron chi connectivity index (χ3n) is 4.20. The number of aliphatic hydroxyl groups is 1. The second-order valence-corrected chi connectivity index (χ2v) is 5.91. The Balaban J connectivity index is 0.000000948. The molecule has 1 aromatic heterocycles. The number of anilines is 1. The number of hydrogen-bond donors (Lipinski definition) is 4. The van der Waals surface area contributed by atoms with Gasteiger partial charge in [0, 0.05) is 25.1 Å². The third kappa shape index (κ3) is 3.74. The molecule has 0 unspecified atom stereocenters. The van der Waals surface area contributed by atoms with Gasteiger partial charge in [0.05, 0.1) is 11.1 Å². The van der Waals surface area contributed by atoms with Gasteiger partial charge in [0.1, 0.15) is 17.4 Å². The Hall–Kier alpha value is -2.77. The number of aromatic nitrogens is 2. The van der Waals surface area contributed by atoms with E-state index in [-0.39, 0.29) is 17.4 Å². The quantitative estimate of drug-likeness (QED) is 0.577. The van der Waals surface area contributed by atoms with E-state index in [4.69, 9.17) is 5.11 Å². The van der Waals surface area contributed by atoms with Crippen molar-refractivity contribution < 1.29 is 14.6 Å². The molecule has 2 aromatic carbocycles. The van der Waals surface area contributed by atoms with Gasteiger partial charge in [0.15, 0.2) is 5.82 Å². The molecule has 1 atom stereocenters. The molecule has 0 saturated carbocycles. The number of benzene rings is 2. The van der Waals surface area contributed by atoms with Crippen LogP contribution < -0.4 is 10.6 Å². The first kappa shape index (κ1) is 18.0. The van der Waals surface area contributed by atoms with E-state index in [2.05, 4.69) is 20.6 Å². The molecule has 2 heterocycles. The first-order chi connectivity index (χ1) is 12.7. The van der Waals surface area contributed by atoms with Crippen LogP contribution >= 0.6 is 0 Å². The van der Waals surface area contributed by atoms with E-state index in [0.717, 1.165) is 37.5 Å². The Kier molecular flexibility index (Phi) is 5.60. The Morgan fingerprint density at radius 1 is 1.15 bits per heavy atom. The van der Waals surface area contributed by atoms with Crippen LogP contribution in [-0.4, -0.2) is 46.4 Å². The van der Waals surface area contributed by atoms with E-state index in [0.29, 0.717) is 11.6 Å². The Bertz CT molecular complexity index is 898. The number of halogens is 1. The van der Waals surface area contributed by atoms with Gasteiger partial charge in [-0.25, -0.2) is 14.4 Å². The molecule has 1 aliphatic heterocycles. The van der Waals surface area contributed by atoms with Crippen LogP contribution in [0.25, 0.3) is 22.3 Å². The highest BCUT2D eigenvalue weighted by molar-refractivity contribution is 5.91. The van der Waals surface area contributed by atoms with Crippen molar-refractivity contribution in [2.45, 2.75) is 12.5 Å². The predicted octanol–water partition coefficient (Wildman–Crippen LogP) is 2.52. The molecule has 0 radical (unpaired) electrons. The summed E-state index contributed by atoms with van der Waals surface area (Å²) in [6.45, 7) is 1.84. The summed E-state index contributed by atoms with van der Waals surface area (Å²) >= 11 is 0. The molecule has 0 spiro atoms. The van der Waals surface area contributed by atoms with Gasteiger partial charge in [-0.1, -0.05) is 12.1 Å². The van der Waals surface area contributed by atoms with E-state index < -0.39 is 5.82 Å². The molecule has 1 aliphatic rings. The maximum atomic E-state index is 13.6. The predicted molar refractivity (Wildman–Crippen MR) is 99.6 cm³/mol. The molecule has 6 nitrogen and oxygen atoms in total. The molecule has 136 valence electrons. The van der Waals surface area contributed by atoms with Gasteiger partial charge in [0.25, 0.3) is 0 Å². The van der Waals surface area contributed by atoms with Crippen molar-refractivity contribution in [1.82, 2.24) is 15.3 Å². The maximum absolute atomic E-state index is 13.6. The summed E-state index contributed by atoms with van der Waals surface area (Å²) in [5.74, 6) is 0.529. The molecule has 0 bridgehead atoms. The van der Waals surface area contributed by atoms with Crippen LogP contribution in [0.4, 0.5) is 10.2 Å². The summed E-state index contributed by atoms with van der Waals surface area (Å²) in [6.07, 6.45) is 1.01. The summed E-state index contributed by atoms with van der Waals surface area (Å²) < 4.78 is 13.6.